The number of H-pyrrole nitrogens is 1. The van der Waals surface area contributed by atoms with Crippen LogP contribution in [0.4, 0.5) is 5.69 Å². The number of aromatic nitrogens is 3. The lowest BCUT2D eigenvalue weighted by Gasteiger charge is -2.06. The number of sulfonamides is 1. The molecule has 4 N–H and O–H groups in total. The van der Waals surface area contributed by atoms with E-state index in [1.165, 1.54) is 12.3 Å². The van der Waals surface area contributed by atoms with E-state index in [1.54, 1.807) is 18.5 Å². The van der Waals surface area contributed by atoms with Crippen LogP contribution >= 0.6 is 0 Å². The quantitative estimate of drug-likeness (QED) is 0.700. The number of imidazole rings is 1. The number of aromatic amines is 1. The van der Waals surface area contributed by atoms with Crippen molar-refractivity contribution in [1.82, 2.24) is 19.7 Å². The van der Waals surface area contributed by atoms with Crippen LogP contribution in [0.3, 0.4) is 0 Å². The van der Waals surface area contributed by atoms with Crippen LogP contribution in [0.1, 0.15) is 5.82 Å². The fourth-order valence-electron chi connectivity index (χ4n) is 1.43. The van der Waals surface area contributed by atoms with E-state index >= 15 is 0 Å². The molecule has 18 heavy (non-hydrogen) atoms. The van der Waals surface area contributed by atoms with Gasteiger partial charge in [0.25, 0.3) is 10.0 Å². The lowest BCUT2D eigenvalue weighted by molar-refractivity contribution is 0.577. The summed E-state index contributed by atoms with van der Waals surface area (Å²) >= 11 is 0. The molecule has 0 spiro atoms. The highest BCUT2D eigenvalue weighted by molar-refractivity contribution is 7.89. The van der Waals surface area contributed by atoms with E-state index in [-0.39, 0.29) is 17.3 Å². The second-order valence-corrected chi connectivity index (χ2v) is 5.26. The fourth-order valence-corrected chi connectivity index (χ4v) is 2.52. The SMILES string of the molecule is Nc1cccnc1S(=O)(=O)NCCc1ncc[nH]1. The predicted octanol–water partition coefficient (Wildman–Crippen LogP) is -0.0921. The van der Waals surface area contributed by atoms with Gasteiger partial charge in [0.15, 0.2) is 5.03 Å². The number of nitrogens with two attached hydrogens (primary N) is 1. The first-order chi connectivity index (χ1) is 8.59. The van der Waals surface area contributed by atoms with Crippen molar-refractivity contribution in [2.24, 2.45) is 0 Å². The van der Waals surface area contributed by atoms with Gasteiger partial charge in [0.1, 0.15) is 5.82 Å². The molecule has 2 rings (SSSR count). The first kappa shape index (κ1) is 12.5. The molecular weight excluding hydrogens is 254 g/mol. The van der Waals surface area contributed by atoms with Crippen LogP contribution < -0.4 is 10.5 Å². The average molecular weight is 267 g/mol. The zero-order valence-corrected chi connectivity index (χ0v) is 10.3. The molecule has 0 unspecified atom stereocenters. The largest absolute Gasteiger partial charge is 0.396 e. The normalized spacial score (nSPS) is 11.6. The molecule has 96 valence electrons. The number of anilines is 1. The Hall–Kier alpha value is -1.93. The van der Waals surface area contributed by atoms with Gasteiger partial charge in [-0.2, -0.15) is 0 Å². The lowest BCUT2D eigenvalue weighted by atomic mass is 10.4. The van der Waals surface area contributed by atoms with Crippen molar-refractivity contribution in [3.05, 3.63) is 36.5 Å². The van der Waals surface area contributed by atoms with E-state index in [9.17, 15) is 8.42 Å². The maximum Gasteiger partial charge on any atom is 0.260 e. The molecule has 0 aromatic carbocycles. The van der Waals surface area contributed by atoms with Gasteiger partial charge in [-0.15, -0.1) is 0 Å². The summed E-state index contributed by atoms with van der Waals surface area (Å²) in [5.74, 6) is 0.715. The molecule has 0 aliphatic rings. The Morgan fingerprint density at radius 2 is 2.17 bits per heavy atom. The van der Waals surface area contributed by atoms with Crippen LogP contribution in [0.15, 0.2) is 35.7 Å². The Labute approximate surface area is 105 Å². The molecule has 0 fully saturated rings. The predicted molar refractivity (Wildman–Crippen MR) is 66.1 cm³/mol. The summed E-state index contributed by atoms with van der Waals surface area (Å²) in [7, 11) is -3.67. The third-order valence-electron chi connectivity index (χ3n) is 2.26. The number of pyridine rings is 1. The molecule has 0 atom stereocenters. The number of nitrogens with one attached hydrogen (secondary N) is 2. The third-order valence-corrected chi connectivity index (χ3v) is 3.70. The maximum absolute atomic E-state index is 11.9. The molecule has 0 aliphatic carbocycles. The Kier molecular flexibility index (Phi) is 3.58. The molecule has 2 heterocycles. The Morgan fingerprint density at radius 3 is 2.83 bits per heavy atom. The minimum atomic E-state index is -3.67. The molecule has 2 aromatic rings. The van der Waals surface area contributed by atoms with E-state index in [2.05, 4.69) is 19.7 Å². The van der Waals surface area contributed by atoms with E-state index < -0.39 is 10.0 Å². The van der Waals surface area contributed by atoms with E-state index in [1.807, 2.05) is 0 Å². The van der Waals surface area contributed by atoms with Crippen LogP contribution in [-0.4, -0.2) is 29.9 Å². The molecule has 0 saturated carbocycles. The molecule has 0 bridgehead atoms. The molecule has 8 heteroatoms. The Morgan fingerprint density at radius 1 is 1.33 bits per heavy atom. The Bertz CT molecular complexity index is 609. The van der Waals surface area contributed by atoms with Gasteiger partial charge in [-0.25, -0.2) is 23.1 Å². The summed E-state index contributed by atoms with van der Waals surface area (Å²) in [6, 6.07) is 3.07. The minimum absolute atomic E-state index is 0.128. The third kappa shape index (κ3) is 2.84. The molecule has 0 saturated heterocycles. The van der Waals surface area contributed by atoms with Crippen molar-refractivity contribution in [3.63, 3.8) is 0 Å². The maximum atomic E-state index is 11.9. The summed E-state index contributed by atoms with van der Waals surface area (Å²) in [4.78, 5) is 10.7. The molecule has 0 amide bonds. The molecular formula is C10H13N5O2S. The van der Waals surface area contributed by atoms with Crippen LogP contribution in [-0.2, 0) is 16.4 Å². The van der Waals surface area contributed by atoms with Gasteiger partial charge >= 0.3 is 0 Å². The van der Waals surface area contributed by atoms with Gasteiger partial charge in [-0.3, -0.25) is 0 Å². The monoisotopic (exact) mass is 267 g/mol. The zero-order valence-electron chi connectivity index (χ0n) is 9.50. The molecule has 2 aromatic heterocycles. The molecule has 0 radical (unpaired) electrons. The van der Waals surface area contributed by atoms with Crippen molar-refractivity contribution in [2.45, 2.75) is 11.4 Å². The summed E-state index contributed by atoms with van der Waals surface area (Å²) in [6.07, 6.45) is 5.15. The van der Waals surface area contributed by atoms with Gasteiger partial charge in [-0.1, -0.05) is 0 Å². The highest BCUT2D eigenvalue weighted by atomic mass is 32.2. The van der Waals surface area contributed by atoms with Crippen molar-refractivity contribution in [2.75, 3.05) is 12.3 Å². The number of nitrogens with zero attached hydrogens (tertiary/aromatic N) is 2. The topological polar surface area (TPSA) is 114 Å². The van der Waals surface area contributed by atoms with Crippen molar-refractivity contribution in [1.29, 1.82) is 0 Å². The summed E-state index contributed by atoms with van der Waals surface area (Å²) in [5.41, 5.74) is 5.70. The van der Waals surface area contributed by atoms with E-state index in [4.69, 9.17) is 5.73 Å². The molecule has 0 aliphatic heterocycles. The lowest BCUT2D eigenvalue weighted by Crippen LogP contribution is -2.27. The number of nitrogen functional groups attached to an aromatic ring is 1. The second kappa shape index (κ2) is 5.15. The van der Waals surface area contributed by atoms with Crippen molar-refractivity contribution in [3.8, 4) is 0 Å². The molecule has 7 nitrogen and oxygen atoms in total. The highest BCUT2D eigenvalue weighted by Crippen LogP contribution is 2.13. The van der Waals surface area contributed by atoms with E-state index in [0.29, 0.717) is 12.2 Å². The number of hydrogen-bond acceptors (Lipinski definition) is 5. The van der Waals surface area contributed by atoms with Crippen LogP contribution in [0.2, 0.25) is 0 Å². The van der Waals surface area contributed by atoms with Gasteiger partial charge in [0.2, 0.25) is 0 Å². The highest BCUT2D eigenvalue weighted by Gasteiger charge is 2.17. The summed E-state index contributed by atoms with van der Waals surface area (Å²) in [6.45, 7) is 0.228. The van der Waals surface area contributed by atoms with Gasteiger partial charge < -0.3 is 10.7 Å². The van der Waals surface area contributed by atoms with Crippen LogP contribution in [0, 0.1) is 0 Å². The first-order valence-corrected chi connectivity index (χ1v) is 6.76. The minimum Gasteiger partial charge on any atom is -0.396 e. The standard InChI is InChI=1S/C10H13N5O2S/c11-8-2-1-4-14-10(8)18(16,17)15-5-3-9-12-6-7-13-9/h1-2,4,6-7,15H,3,5,11H2,(H,12,13). The van der Waals surface area contributed by atoms with Gasteiger partial charge in [0, 0.05) is 31.6 Å². The number of hydrogen-bond donors (Lipinski definition) is 3. The van der Waals surface area contributed by atoms with Crippen molar-refractivity contribution >= 4 is 15.7 Å². The van der Waals surface area contributed by atoms with Gasteiger partial charge in [0.05, 0.1) is 5.69 Å². The Balaban J connectivity index is 2.02. The number of rotatable bonds is 5. The second-order valence-electron chi connectivity index (χ2n) is 3.58. The average Bonchev–Trinajstić information content (AvgIpc) is 2.82. The van der Waals surface area contributed by atoms with Gasteiger partial charge in [-0.05, 0) is 12.1 Å². The zero-order chi connectivity index (χ0) is 13.0. The van der Waals surface area contributed by atoms with E-state index in [0.717, 1.165) is 0 Å². The fraction of sp³-hybridized carbons (Fsp3) is 0.200. The summed E-state index contributed by atoms with van der Waals surface area (Å²) < 4.78 is 26.2. The summed E-state index contributed by atoms with van der Waals surface area (Å²) in [5, 5.41) is -0.149. The smallest absolute Gasteiger partial charge is 0.260 e. The van der Waals surface area contributed by atoms with Crippen molar-refractivity contribution < 1.29 is 8.42 Å². The van der Waals surface area contributed by atoms with Crippen LogP contribution in [0.5, 0.6) is 0 Å². The first-order valence-electron chi connectivity index (χ1n) is 5.28. The van der Waals surface area contributed by atoms with Crippen LogP contribution in [0.25, 0.3) is 0 Å².